The smallest absolute Gasteiger partial charge is 0.127 e. The van der Waals surface area contributed by atoms with Gasteiger partial charge >= 0.3 is 0 Å². The van der Waals surface area contributed by atoms with Crippen LogP contribution in [0.2, 0.25) is 0 Å². The van der Waals surface area contributed by atoms with Crippen molar-refractivity contribution in [3.63, 3.8) is 0 Å². The summed E-state index contributed by atoms with van der Waals surface area (Å²) in [7, 11) is 0. The van der Waals surface area contributed by atoms with Gasteiger partial charge in [0.15, 0.2) is 0 Å². The second-order valence-corrected chi connectivity index (χ2v) is 6.80. The topological polar surface area (TPSA) is 38.9 Å². The van der Waals surface area contributed by atoms with Crippen LogP contribution in [0.15, 0.2) is 17.5 Å². The molecule has 0 aliphatic carbocycles. The molecule has 0 aliphatic rings. The molecule has 19 heavy (non-hydrogen) atoms. The number of anilines is 1. The lowest BCUT2D eigenvalue weighted by Gasteiger charge is -2.14. The van der Waals surface area contributed by atoms with E-state index in [-0.39, 0.29) is 11.2 Å². The molecule has 1 heterocycles. The van der Waals surface area contributed by atoms with Crippen LogP contribution in [-0.4, -0.2) is 4.98 Å². The maximum Gasteiger partial charge on any atom is 0.127 e. The highest BCUT2D eigenvalue weighted by Crippen LogP contribution is 2.26. The van der Waals surface area contributed by atoms with Crippen molar-refractivity contribution in [2.45, 2.75) is 39.5 Å². The number of nitrogen functional groups attached to an aromatic ring is 1. The normalized spacial score (nSPS) is 11.8. The van der Waals surface area contributed by atoms with Crippen LogP contribution in [0.4, 0.5) is 10.1 Å². The van der Waals surface area contributed by atoms with E-state index >= 15 is 0 Å². The Morgan fingerprint density at radius 2 is 2.00 bits per heavy atom. The van der Waals surface area contributed by atoms with Crippen molar-refractivity contribution in [3.05, 3.63) is 45.2 Å². The molecular formula is C15H19FN2S. The van der Waals surface area contributed by atoms with Crippen molar-refractivity contribution in [3.8, 4) is 0 Å². The van der Waals surface area contributed by atoms with Crippen LogP contribution in [0.5, 0.6) is 0 Å². The summed E-state index contributed by atoms with van der Waals surface area (Å²) in [5, 5.41) is 2.97. The number of aryl methyl sites for hydroxylation is 1. The Balaban J connectivity index is 2.27. The third-order valence-electron chi connectivity index (χ3n) is 3.10. The fourth-order valence-electron chi connectivity index (χ4n) is 1.77. The van der Waals surface area contributed by atoms with E-state index in [1.54, 1.807) is 17.4 Å². The number of benzene rings is 1. The first-order valence-electron chi connectivity index (χ1n) is 6.27. The Morgan fingerprint density at radius 3 is 2.58 bits per heavy atom. The quantitative estimate of drug-likeness (QED) is 0.841. The Kier molecular flexibility index (Phi) is 3.63. The third-order valence-corrected chi connectivity index (χ3v) is 3.95. The standard InChI is InChI=1S/C15H19FN2S/c1-9-5-11(16)10(6-12(9)17)7-14-18-13(8-19-14)15(2,3)4/h5-6,8H,7,17H2,1-4H3. The average Bonchev–Trinajstić information content (AvgIpc) is 2.74. The van der Waals surface area contributed by atoms with E-state index in [0.717, 1.165) is 16.3 Å². The molecule has 0 amide bonds. The van der Waals surface area contributed by atoms with E-state index in [4.69, 9.17) is 5.73 Å². The number of halogens is 1. The van der Waals surface area contributed by atoms with Gasteiger partial charge in [-0.2, -0.15) is 0 Å². The number of hydrogen-bond donors (Lipinski definition) is 1. The number of nitrogens with zero attached hydrogens (tertiary/aromatic N) is 1. The summed E-state index contributed by atoms with van der Waals surface area (Å²) in [6, 6.07) is 3.20. The molecule has 0 bridgehead atoms. The molecule has 0 atom stereocenters. The van der Waals surface area contributed by atoms with Gasteiger partial charge in [-0.05, 0) is 30.2 Å². The number of nitrogens with two attached hydrogens (primary N) is 1. The van der Waals surface area contributed by atoms with E-state index in [1.807, 2.05) is 12.3 Å². The van der Waals surface area contributed by atoms with Gasteiger partial charge in [-0.1, -0.05) is 20.8 Å². The molecule has 0 saturated heterocycles. The monoisotopic (exact) mass is 278 g/mol. The molecule has 2 rings (SSSR count). The predicted octanol–water partition coefficient (Wildman–Crippen LogP) is 4.06. The Morgan fingerprint density at radius 1 is 1.32 bits per heavy atom. The first kappa shape index (κ1) is 14.0. The van der Waals surface area contributed by atoms with Crippen LogP contribution < -0.4 is 5.73 Å². The molecule has 2 N–H and O–H groups in total. The van der Waals surface area contributed by atoms with Crippen LogP contribution in [0.3, 0.4) is 0 Å². The molecule has 1 aromatic heterocycles. The van der Waals surface area contributed by atoms with Crippen molar-refractivity contribution in [1.82, 2.24) is 4.98 Å². The van der Waals surface area contributed by atoms with Gasteiger partial charge in [-0.3, -0.25) is 0 Å². The minimum Gasteiger partial charge on any atom is -0.399 e. The lowest BCUT2D eigenvalue weighted by molar-refractivity contribution is 0.570. The fraction of sp³-hybridized carbons (Fsp3) is 0.400. The first-order valence-corrected chi connectivity index (χ1v) is 7.14. The van der Waals surface area contributed by atoms with Crippen LogP contribution in [0.1, 0.15) is 42.6 Å². The minimum absolute atomic E-state index is 0.0274. The number of aromatic nitrogens is 1. The summed E-state index contributed by atoms with van der Waals surface area (Å²) >= 11 is 1.57. The van der Waals surface area contributed by atoms with Crippen molar-refractivity contribution < 1.29 is 4.39 Å². The van der Waals surface area contributed by atoms with Crippen molar-refractivity contribution in [2.24, 2.45) is 0 Å². The highest BCUT2D eigenvalue weighted by molar-refractivity contribution is 7.09. The molecular weight excluding hydrogens is 259 g/mol. The number of hydrogen-bond acceptors (Lipinski definition) is 3. The maximum atomic E-state index is 13.9. The zero-order valence-corrected chi connectivity index (χ0v) is 12.6. The maximum absolute atomic E-state index is 13.9. The molecule has 0 fully saturated rings. The lowest BCUT2D eigenvalue weighted by atomic mass is 9.93. The van der Waals surface area contributed by atoms with E-state index < -0.39 is 0 Å². The van der Waals surface area contributed by atoms with E-state index in [9.17, 15) is 4.39 Å². The molecule has 0 spiro atoms. The SMILES string of the molecule is Cc1cc(F)c(Cc2nc(C(C)(C)C)cs2)cc1N. The summed E-state index contributed by atoms with van der Waals surface area (Å²) in [6.07, 6.45) is 0.497. The molecule has 2 nitrogen and oxygen atoms in total. The van der Waals surface area contributed by atoms with E-state index in [0.29, 0.717) is 17.7 Å². The summed E-state index contributed by atoms with van der Waals surface area (Å²) < 4.78 is 13.9. The molecule has 4 heteroatoms. The Labute approximate surface area is 117 Å². The van der Waals surface area contributed by atoms with Crippen LogP contribution in [-0.2, 0) is 11.8 Å². The predicted molar refractivity (Wildman–Crippen MR) is 79.2 cm³/mol. The molecule has 0 unspecified atom stereocenters. The second kappa shape index (κ2) is 4.93. The van der Waals surface area contributed by atoms with Gasteiger partial charge in [-0.15, -0.1) is 11.3 Å². The van der Waals surface area contributed by atoms with Crippen LogP contribution in [0, 0.1) is 12.7 Å². The third kappa shape index (κ3) is 3.13. The highest BCUT2D eigenvalue weighted by Gasteiger charge is 2.18. The molecule has 2 aromatic rings. The zero-order valence-electron chi connectivity index (χ0n) is 11.7. The molecule has 0 aliphatic heterocycles. The average molecular weight is 278 g/mol. The summed E-state index contributed by atoms with van der Waals surface area (Å²) in [5.74, 6) is -0.209. The lowest BCUT2D eigenvalue weighted by Crippen LogP contribution is -2.11. The van der Waals surface area contributed by atoms with Crippen molar-refractivity contribution >= 4 is 17.0 Å². The van der Waals surface area contributed by atoms with Gasteiger partial charge in [0.2, 0.25) is 0 Å². The largest absolute Gasteiger partial charge is 0.399 e. The highest BCUT2D eigenvalue weighted by atomic mass is 32.1. The number of rotatable bonds is 2. The zero-order chi connectivity index (χ0) is 14.2. The number of thiazole rings is 1. The van der Waals surface area contributed by atoms with Crippen LogP contribution in [0.25, 0.3) is 0 Å². The van der Waals surface area contributed by atoms with E-state index in [2.05, 4.69) is 25.8 Å². The first-order chi connectivity index (χ1) is 8.77. The molecule has 0 radical (unpaired) electrons. The van der Waals surface area contributed by atoms with Gasteiger partial charge in [0.05, 0.1) is 10.7 Å². The van der Waals surface area contributed by atoms with Gasteiger partial charge in [0.1, 0.15) is 5.82 Å². The van der Waals surface area contributed by atoms with Gasteiger partial charge < -0.3 is 5.73 Å². The van der Waals surface area contributed by atoms with Gasteiger partial charge in [-0.25, -0.2) is 9.37 Å². The van der Waals surface area contributed by atoms with Crippen LogP contribution >= 0.6 is 11.3 Å². The summed E-state index contributed by atoms with van der Waals surface area (Å²) in [6.45, 7) is 8.17. The molecule has 1 aromatic carbocycles. The molecule has 102 valence electrons. The van der Waals surface area contributed by atoms with Crippen molar-refractivity contribution in [2.75, 3.05) is 5.73 Å². The summed E-state index contributed by atoms with van der Waals surface area (Å²) in [4.78, 5) is 4.58. The second-order valence-electron chi connectivity index (χ2n) is 5.85. The summed E-state index contributed by atoms with van der Waals surface area (Å²) in [5.41, 5.74) is 8.92. The van der Waals surface area contributed by atoms with E-state index in [1.165, 1.54) is 6.07 Å². The Hall–Kier alpha value is -1.42. The van der Waals surface area contributed by atoms with Crippen molar-refractivity contribution in [1.29, 1.82) is 0 Å². The minimum atomic E-state index is -0.209. The van der Waals surface area contributed by atoms with Gasteiger partial charge in [0, 0.05) is 22.9 Å². The fourth-order valence-corrected chi connectivity index (χ4v) is 2.82. The molecule has 0 saturated carbocycles. The van der Waals surface area contributed by atoms with Gasteiger partial charge in [0.25, 0.3) is 0 Å². The Bertz CT molecular complexity index is 597.